The zero-order valence-corrected chi connectivity index (χ0v) is 17.3. The molecule has 3 heterocycles. The van der Waals surface area contributed by atoms with Gasteiger partial charge in [-0.1, -0.05) is 0 Å². The summed E-state index contributed by atoms with van der Waals surface area (Å²) in [6, 6.07) is 13.7. The molecule has 0 aliphatic rings. The van der Waals surface area contributed by atoms with Crippen molar-refractivity contribution in [2.45, 2.75) is 20.3 Å². The molecule has 0 bridgehead atoms. The monoisotopic (exact) mass is 408 g/mol. The van der Waals surface area contributed by atoms with E-state index in [1.807, 2.05) is 48.9 Å². The molecule has 3 aromatic heterocycles. The molecular formula is C21H20N4OS2. The third kappa shape index (κ3) is 4.05. The quantitative estimate of drug-likeness (QED) is 0.505. The number of carbonyl (C=O) groups excluding carboxylic acids is 1. The first kappa shape index (κ1) is 18.6. The molecule has 4 rings (SSSR count). The van der Waals surface area contributed by atoms with Gasteiger partial charge in [0.1, 0.15) is 0 Å². The van der Waals surface area contributed by atoms with Gasteiger partial charge in [-0.2, -0.15) is 5.10 Å². The predicted octanol–water partition coefficient (Wildman–Crippen LogP) is 4.65. The lowest BCUT2D eigenvalue weighted by molar-refractivity contribution is 0.0954. The maximum atomic E-state index is 12.4. The molecule has 0 fully saturated rings. The fourth-order valence-electron chi connectivity index (χ4n) is 2.92. The maximum Gasteiger partial charge on any atom is 0.251 e. The average molecular weight is 409 g/mol. The Hall–Kier alpha value is -2.77. The molecule has 0 saturated heterocycles. The normalized spacial score (nSPS) is 10.9. The van der Waals surface area contributed by atoms with Gasteiger partial charge in [-0.05, 0) is 62.7 Å². The summed E-state index contributed by atoms with van der Waals surface area (Å²) in [5, 5.41) is 10.4. The van der Waals surface area contributed by atoms with E-state index in [0.717, 1.165) is 28.5 Å². The fourth-order valence-corrected chi connectivity index (χ4v) is 4.58. The number of hydrogen-bond acceptors (Lipinski definition) is 5. The lowest BCUT2D eigenvalue weighted by Gasteiger charge is -2.07. The lowest BCUT2D eigenvalue weighted by Crippen LogP contribution is -2.25. The van der Waals surface area contributed by atoms with Crippen LogP contribution in [0, 0.1) is 13.8 Å². The first-order chi connectivity index (χ1) is 13.6. The Morgan fingerprint density at radius 3 is 2.61 bits per heavy atom. The Labute approximate surface area is 171 Å². The molecule has 142 valence electrons. The van der Waals surface area contributed by atoms with Gasteiger partial charge in [-0.25, -0.2) is 9.67 Å². The molecule has 1 N–H and O–H groups in total. The molecule has 0 aliphatic carbocycles. The molecule has 0 atom stereocenters. The van der Waals surface area contributed by atoms with Gasteiger partial charge in [-0.3, -0.25) is 4.79 Å². The highest BCUT2D eigenvalue weighted by Gasteiger charge is 2.09. The van der Waals surface area contributed by atoms with E-state index in [1.54, 1.807) is 28.9 Å². The Bertz CT molecular complexity index is 1090. The maximum absolute atomic E-state index is 12.4. The Kier molecular flexibility index (Phi) is 5.36. The number of thiophene rings is 1. The molecule has 0 unspecified atom stereocenters. The zero-order valence-electron chi connectivity index (χ0n) is 15.7. The second kappa shape index (κ2) is 8.08. The van der Waals surface area contributed by atoms with E-state index in [2.05, 4.69) is 32.9 Å². The van der Waals surface area contributed by atoms with Crippen molar-refractivity contribution in [2.75, 3.05) is 6.54 Å². The third-order valence-electron chi connectivity index (χ3n) is 4.40. The summed E-state index contributed by atoms with van der Waals surface area (Å²) in [6.07, 6.45) is 2.58. The summed E-state index contributed by atoms with van der Waals surface area (Å²) in [6.45, 7) is 4.62. The second-order valence-electron chi connectivity index (χ2n) is 6.45. The van der Waals surface area contributed by atoms with Crippen molar-refractivity contribution in [3.8, 4) is 16.3 Å². The van der Waals surface area contributed by atoms with E-state index in [9.17, 15) is 4.79 Å². The lowest BCUT2D eigenvalue weighted by atomic mass is 10.2. The Balaban J connectivity index is 1.32. The number of amides is 1. The summed E-state index contributed by atoms with van der Waals surface area (Å²) < 4.78 is 1.85. The van der Waals surface area contributed by atoms with Crippen molar-refractivity contribution in [3.63, 3.8) is 0 Å². The number of nitrogens with one attached hydrogen (secondary N) is 1. The molecule has 0 spiro atoms. The first-order valence-corrected chi connectivity index (χ1v) is 10.7. The minimum absolute atomic E-state index is 0.0596. The Morgan fingerprint density at radius 2 is 1.93 bits per heavy atom. The van der Waals surface area contributed by atoms with Gasteiger partial charge in [0.05, 0.1) is 21.3 Å². The van der Waals surface area contributed by atoms with E-state index < -0.39 is 0 Å². The molecule has 1 amide bonds. The number of carbonyl (C=O) groups is 1. The van der Waals surface area contributed by atoms with Crippen LogP contribution in [0.2, 0.25) is 0 Å². The van der Waals surface area contributed by atoms with Crippen LogP contribution in [0.5, 0.6) is 0 Å². The molecule has 0 aliphatic heterocycles. The van der Waals surface area contributed by atoms with Crippen LogP contribution in [0.1, 0.15) is 25.9 Å². The highest BCUT2D eigenvalue weighted by atomic mass is 32.1. The van der Waals surface area contributed by atoms with Crippen molar-refractivity contribution in [3.05, 3.63) is 75.2 Å². The summed E-state index contributed by atoms with van der Waals surface area (Å²) >= 11 is 3.39. The SMILES string of the molecule is Cc1nc(-c2ccc(CCNC(=O)c3ccc(-n4nccc4C)cc3)s2)cs1. The van der Waals surface area contributed by atoms with E-state index in [1.165, 1.54) is 9.75 Å². The first-order valence-electron chi connectivity index (χ1n) is 9.00. The van der Waals surface area contributed by atoms with E-state index in [4.69, 9.17) is 0 Å². The van der Waals surface area contributed by atoms with Crippen LogP contribution >= 0.6 is 22.7 Å². The van der Waals surface area contributed by atoms with Crippen molar-refractivity contribution in [1.82, 2.24) is 20.1 Å². The highest BCUT2D eigenvalue weighted by molar-refractivity contribution is 7.16. The van der Waals surface area contributed by atoms with Crippen LogP contribution in [0.3, 0.4) is 0 Å². The molecule has 7 heteroatoms. The van der Waals surface area contributed by atoms with Crippen LogP contribution in [0.15, 0.2) is 54.0 Å². The van der Waals surface area contributed by atoms with E-state index in [0.29, 0.717) is 12.1 Å². The van der Waals surface area contributed by atoms with Crippen LogP contribution < -0.4 is 5.32 Å². The molecule has 28 heavy (non-hydrogen) atoms. The predicted molar refractivity (Wildman–Crippen MR) is 115 cm³/mol. The van der Waals surface area contributed by atoms with Gasteiger partial charge in [0.2, 0.25) is 0 Å². The van der Waals surface area contributed by atoms with Gasteiger partial charge >= 0.3 is 0 Å². The van der Waals surface area contributed by atoms with Gasteiger partial charge in [0, 0.05) is 34.3 Å². The smallest absolute Gasteiger partial charge is 0.251 e. The summed E-state index contributed by atoms with van der Waals surface area (Å²) in [5.41, 5.74) is 3.69. The molecule has 4 aromatic rings. The average Bonchev–Trinajstić information content (AvgIpc) is 3.43. The largest absolute Gasteiger partial charge is 0.352 e. The summed E-state index contributed by atoms with van der Waals surface area (Å²) in [4.78, 5) is 19.3. The fraction of sp³-hybridized carbons (Fsp3) is 0.190. The highest BCUT2D eigenvalue weighted by Crippen LogP contribution is 2.29. The number of benzene rings is 1. The number of nitrogens with zero attached hydrogens (tertiary/aromatic N) is 3. The molecule has 5 nitrogen and oxygen atoms in total. The van der Waals surface area contributed by atoms with Crippen molar-refractivity contribution in [1.29, 1.82) is 0 Å². The van der Waals surface area contributed by atoms with Crippen LogP contribution in [0.4, 0.5) is 0 Å². The molecule has 1 aromatic carbocycles. The van der Waals surface area contributed by atoms with Crippen LogP contribution in [-0.4, -0.2) is 27.2 Å². The summed E-state index contributed by atoms with van der Waals surface area (Å²) in [5.74, 6) is -0.0596. The number of aromatic nitrogens is 3. The number of rotatable bonds is 6. The van der Waals surface area contributed by atoms with Gasteiger partial charge in [0.15, 0.2) is 0 Å². The molecular weight excluding hydrogens is 388 g/mol. The number of hydrogen-bond donors (Lipinski definition) is 1. The van der Waals surface area contributed by atoms with Gasteiger partial charge < -0.3 is 5.32 Å². The van der Waals surface area contributed by atoms with Crippen molar-refractivity contribution in [2.24, 2.45) is 0 Å². The van der Waals surface area contributed by atoms with E-state index >= 15 is 0 Å². The molecule has 0 radical (unpaired) electrons. The van der Waals surface area contributed by atoms with Crippen molar-refractivity contribution >= 4 is 28.6 Å². The topological polar surface area (TPSA) is 59.8 Å². The van der Waals surface area contributed by atoms with Crippen LogP contribution in [-0.2, 0) is 6.42 Å². The number of aryl methyl sites for hydroxylation is 2. The number of thiazole rings is 1. The van der Waals surface area contributed by atoms with Gasteiger partial charge in [0.25, 0.3) is 5.91 Å². The zero-order chi connectivity index (χ0) is 19.5. The molecule has 0 saturated carbocycles. The van der Waals surface area contributed by atoms with Crippen LogP contribution in [0.25, 0.3) is 16.3 Å². The minimum Gasteiger partial charge on any atom is -0.352 e. The minimum atomic E-state index is -0.0596. The Morgan fingerprint density at radius 1 is 1.11 bits per heavy atom. The summed E-state index contributed by atoms with van der Waals surface area (Å²) in [7, 11) is 0. The standard InChI is InChI=1S/C21H20N4OS2/c1-14-9-12-23-25(14)17-5-3-16(4-6-17)21(26)22-11-10-18-7-8-20(28-18)19-13-27-15(2)24-19/h3-9,12-13H,10-11H2,1-2H3,(H,22,26). The second-order valence-corrected chi connectivity index (χ2v) is 8.69. The third-order valence-corrected chi connectivity index (χ3v) is 6.34. The van der Waals surface area contributed by atoms with Gasteiger partial charge in [-0.15, -0.1) is 22.7 Å². The van der Waals surface area contributed by atoms with Crippen molar-refractivity contribution < 1.29 is 4.79 Å². The van der Waals surface area contributed by atoms with E-state index in [-0.39, 0.29) is 5.91 Å².